The van der Waals surface area contributed by atoms with Crippen LogP contribution < -0.4 is 0 Å². The Bertz CT molecular complexity index is 761. The van der Waals surface area contributed by atoms with Crippen molar-refractivity contribution in [1.82, 2.24) is 5.16 Å². The van der Waals surface area contributed by atoms with E-state index in [4.69, 9.17) is 20.5 Å². The second-order valence-electron chi connectivity index (χ2n) is 4.00. The first-order valence-corrected chi connectivity index (χ1v) is 6.08. The molecule has 0 spiro atoms. The molecule has 6 heteroatoms. The van der Waals surface area contributed by atoms with Crippen molar-refractivity contribution in [3.8, 4) is 22.6 Å². The number of carbonyl (C=O) groups is 1. The number of nitrogens with zero attached hydrogens (tertiary/aromatic N) is 1. The van der Waals surface area contributed by atoms with Crippen LogP contribution in [-0.4, -0.2) is 16.2 Å². The number of halogens is 1. The van der Waals surface area contributed by atoms with Gasteiger partial charge in [-0.15, -0.1) is 0 Å². The fraction of sp³-hybridized carbons (Fsp3) is 0. The maximum absolute atomic E-state index is 11.3. The molecule has 0 bridgehead atoms. The highest BCUT2D eigenvalue weighted by Gasteiger charge is 2.26. The highest BCUT2D eigenvalue weighted by Crippen LogP contribution is 2.38. The Labute approximate surface area is 118 Å². The van der Waals surface area contributed by atoms with E-state index >= 15 is 0 Å². The standard InChI is InChI=1S/C14H8ClNO4/c15-9-6-7-19-12(9)11-10(8-4-2-1-3-5-8)13(14(17)18)20-16-11/h1-7H,(H,17,18). The van der Waals surface area contributed by atoms with Gasteiger partial charge < -0.3 is 14.0 Å². The first-order chi connectivity index (χ1) is 9.68. The minimum atomic E-state index is -1.20. The molecule has 0 aliphatic heterocycles. The summed E-state index contributed by atoms with van der Waals surface area (Å²) in [5, 5.41) is 13.3. The van der Waals surface area contributed by atoms with Crippen molar-refractivity contribution in [2.45, 2.75) is 0 Å². The van der Waals surface area contributed by atoms with Crippen molar-refractivity contribution in [3.05, 3.63) is 53.4 Å². The Kier molecular flexibility index (Phi) is 3.04. The van der Waals surface area contributed by atoms with Gasteiger partial charge in [0.15, 0.2) is 11.5 Å². The van der Waals surface area contributed by atoms with E-state index < -0.39 is 5.97 Å². The van der Waals surface area contributed by atoms with Gasteiger partial charge in [-0.3, -0.25) is 0 Å². The monoisotopic (exact) mass is 289 g/mol. The lowest BCUT2D eigenvalue weighted by molar-refractivity contribution is 0.0653. The molecule has 3 rings (SSSR count). The van der Waals surface area contributed by atoms with E-state index in [1.807, 2.05) is 6.07 Å². The summed E-state index contributed by atoms with van der Waals surface area (Å²) in [6, 6.07) is 10.5. The first-order valence-electron chi connectivity index (χ1n) is 5.70. The van der Waals surface area contributed by atoms with Gasteiger partial charge >= 0.3 is 5.97 Å². The van der Waals surface area contributed by atoms with E-state index in [0.29, 0.717) is 16.1 Å². The average Bonchev–Trinajstić information content (AvgIpc) is 3.05. The van der Waals surface area contributed by atoms with Gasteiger partial charge in [0.05, 0.1) is 16.8 Å². The summed E-state index contributed by atoms with van der Waals surface area (Å²) in [5.41, 5.74) is 1.27. The summed E-state index contributed by atoms with van der Waals surface area (Å²) < 4.78 is 10.2. The molecule has 0 radical (unpaired) electrons. The van der Waals surface area contributed by atoms with Gasteiger partial charge in [0.1, 0.15) is 0 Å². The fourth-order valence-corrected chi connectivity index (χ4v) is 2.11. The lowest BCUT2D eigenvalue weighted by Gasteiger charge is -2.01. The van der Waals surface area contributed by atoms with Crippen LogP contribution in [0.3, 0.4) is 0 Å². The fourth-order valence-electron chi connectivity index (χ4n) is 1.93. The van der Waals surface area contributed by atoms with Crippen LogP contribution in [-0.2, 0) is 0 Å². The molecule has 100 valence electrons. The van der Waals surface area contributed by atoms with Gasteiger partial charge in [0, 0.05) is 0 Å². The molecule has 0 saturated heterocycles. The Morgan fingerprint density at radius 3 is 2.55 bits per heavy atom. The van der Waals surface area contributed by atoms with Crippen LogP contribution in [0.2, 0.25) is 5.02 Å². The highest BCUT2D eigenvalue weighted by molar-refractivity contribution is 6.33. The van der Waals surface area contributed by atoms with E-state index in [1.165, 1.54) is 6.26 Å². The maximum atomic E-state index is 11.3. The number of carboxylic acids is 1. The van der Waals surface area contributed by atoms with Crippen LogP contribution in [0.1, 0.15) is 10.6 Å². The summed E-state index contributed by atoms with van der Waals surface area (Å²) in [4.78, 5) is 11.3. The van der Waals surface area contributed by atoms with Crippen LogP contribution in [0.25, 0.3) is 22.6 Å². The molecular formula is C14H8ClNO4. The average molecular weight is 290 g/mol. The van der Waals surface area contributed by atoms with E-state index in [2.05, 4.69) is 5.16 Å². The zero-order valence-corrected chi connectivity index (χ0v) is 10.8. The summed E-state index contributed by atoms with van der Waals surface area (Å²) in [6.45, 7) is 0. The molecule has 2 heterocycles. The minimum Gasteiger partial charge on any atom is -0.475 e. The smallest absolute Gasteiger partial charge is 0.375 e. The Balaban J connectivity index is 2.27. The lowest BCUT2D eigenvalue weighted by Crippen LogP contribution is -1.96. The molecule has 3 aromatic rings. The van der Waals surface area contributed by atoms with E-state index in [0.717, 1.165) is 0 Å². The number of rotatable bonds is 3. The van der Waals surface area contributed by atoms with Crippen molar-refractivity contribution < 1.29 is 18.8 Å². The van der Waals surface area contributed by atoms with Crippen LogP contribution in [0.4, 0.5) is 0 Å². The van der Waals surface area contributed by atoms with Crippen molar-refractivity contribution in [2.75, 3.05) is 0 Å². The van der Waals surface area contributed by atoms with E-state index in [-0.39, 0.29) is 17.2 Å². The number of hydrogen-bond donors (Lipinski definition) is 1. The molecule has 0 saturated carbocycles. The summed E-state index contributed by atoms with van der Waals surface area (Å²) >= 11 is 6.00. The maximum Gasteiger partial charge on any atom is 0.375 e. The largest absolute Gasteiger partial charge is 0.475 e. The summed E-state index contributed by atoms with van der Waals surface area (Å²) in [7, 11) is 0. The van der Waals surface area contributed by atoms with Gasteiger partial charge in [-0.05, 0) is 11.6 Å². The molecule has 1 N–H and O–H groups in total. The molecule has 0 aliphatic rings. The van der Waals surface area contributed by atoms with Crippen molar-refractivity contribution in [3.63, 3.8) is 0 Å². The number of carboxylic acid groups (broad SMARTS) is 1. The van der Waals surface area contributed by atoms with Crippen LogP contribution in [0.5, 0.6) is 0 Å². The molecule has 0 atom stereocenters. The second-order valence-corrected chi connectivity index (χ2v) is 4.41. The molecule has 2 aromatic heterocycles. The number of aromatic carboxylic acids is 1. The molecule has 20 heavy (non-hydrogen) atoms. The molecule has 5 nitrogen and oxygen atoms in total. The van der Waals surface area contributed by atoms with Gasteiger partial charge in [-0.1, -0.05) is 47.1 Å². The third-order valence-corrected chi connectivity index (χ3v) is 3.08. The zero-order chi connectivity index (χ0) is 14.1. The Morgan fingerprint density at radius 2 is 1.95 bits per heavy atom. The molecule has 0 aliphatic carbocycles. The first kappa shape index (κ1) is 12.5. The van der Waals surface area contributed by atoms with Crippen molar-refractivity contribution in [1.29, 1.82) is 0 Å². The molecular weight excluding hydrogens is 282 g/mol. The third kappa shape index (κ3) is 1.98. The van der Waals surface area contributed by atoms with Crippen molar-refractivity contribution in [2.24, 2.45) is 0 Å². The number of furan rings is 1. The van der Waals surface area contributed by atoms with E-state index in [1.54, 1.807) is 30.3 Å². The minimum absolute atomic E-state index is 0.251. The highest BCUT2D eigenvalue weighted by atomic mass is 35.5. The topological polar surface area (TPSA) is 76.5 Å². The SMILES string of the molecule is O=C(O)c1onc(-c2occc2Cl)c1-c1ccccc1. The molecule has 0 unspecified atom stereocenters. The van der Waals surface area contributed by atoms with Crippen LogP contribution >= 0.6 is 11.6 Å². The summed E-state index contributed by atoms with van der Waals surface area (Å²) in [6.07, 6.45) is 1.40. The molecule has 1 aromatic carbocycles. The van der Waals surface area contributed by atoms with Gasteiger partial charge in [0.25, 0.3) is 5.76 Å². The number of hydrogen-bond acceptors (Lipinski definition) is 4. The predicted octanol–water partition coefficient (Wildman–Crippen LogP) is 3.95. The molecule has 0 fully saturated rings. The van der Waals surface area contributed by atoms with Crippen LogP contribution in [0, 0.1) is 0 Å². The van der Waals surface area contributed by atoms with E-state index in [9.17, 15) is 9.90 Å². The van der Waals surface area contributed by atoms with Crippen molar-refractivity contribution >= 4 is 17.6 Å². The molecule has 0 amide bonds. The normalized spacial score (nSPS) is 10.7. The van der Waals surface area contributed by atoms with Gasteiger partial charge in [0.2, 0.25) is 0 Å². The van der Waals surface area contributed by atoms with Crippen LogP contribution in [0.15, 0.2) is 51.6 Å². The lowest BCUT2D eigenvalue weighted by atomic mass is 10.0. The van der Waals surface area contributed by atoms with Gasteiger partial charge in [-0.2, -0.15) is 0 Å². The third-order valence-electron chi connectivity index (χ3n) is 2.78. The Hall–Kier alpha value is -2.53. The Morgan fingerprint density at radius 1 is 1.20 bits per heavy atom. The summed E-state index contributed by atoms with van der Waals surface area (Å²) in [5.74, 6) is -1.18. The second kappa shape index (κ2) is 4.86. The quantitative estimate of drug-likeness (QED) is 0.790. The van der Waals surface area contributed by atoms with Gasteiger partial charge in [-0.25, -0.2) is 4.79 Å². The zero-order valence-electron chi connectivity index (χ0n) is 10.0. The number of aromatic nitrogens is 1. The predicted molar refractivity (Wildman–Crippen MR) is 71.6 cm³/mol. The number of benzene rings is 1.